The average molecular weight is 405 g/mol. The van der Waals surface area contributed by atoms with Crippen molar-refractivity contribution in [2.24, 2.45) is 0 Å². The van der Waals surface area contributed by atoms with Crippen LogP contribution in [0.15, 0.2) is 48.2 Å². The van der Waals surface area contributed by atoms with Crippen LogP contribution in [0.2, 0.25) is 0 Å². The third kappa shape index (κ3) is 3.60. The van der Waals surface area contributed by atoms with Gasteiger partial charge in [0.05, 0.1) is 17.4 Å². The van der Waals surface area contributed by atoms with Crippen molar-refractivity contribution in [1.29, 1.82) is 0 Å². The molecule has 2 heterocycles. The monoisotopic (exact) mass is 404 g/mol. The second kappa shape index (κ2) is 7.98. The van der Waals surface area contributed by atoms with Gasteiger partial charge in [-0.25, -0.2) is 4.90 Å². The Bertz CT molecular complexity index is 1020. The number of benzene rings is 2. The van der Waals surface area contributed by atoms with Crippen LogP contribution in [0.1, 0.15) is 43.4 Å². The molecule has 0 radical (unpaired) electrons. The molecule has 0 spiro atoms. The highest BCUT2D eigenvalue weighted by atomic mass is 16.5. The van der Waals surface area contributed by atoms with E-state index in [1.165, 1.54) is 4.90 Å². The first-order valence-electron chi connectivity index (χ1n) is 10.6. The molecule has 5 nitrogen and oxygen atoms in total. The maximum atomic E-state index is 13.6. The number of nitrogens with zero attached hydrogens (tertiary/aromatic N) is 2. The van der Waals surface area contributed by atoms with Crippen LogP contribution in [-0.4, -0.2) is 35.9 Å². The van der Waals surface area contributed by atoms with Gasteiger partial charge >= 0.3 is 0 Å². The average Bonchev–Trinajstić information content (AvgIpc) is 3.31. The van der Waals surface area contributed by atoms with E-state index in [2.05, 4.69) is 4.90 Å². The van der Waals surface area contributed by atoms with E-state index in [-0.39, 0.29) is 17.9 Å². The molecule has 1 fully saturated rings. The minimum atomic E-state index is -0.256. The largest absolute Gasteiger partial charge is 0.491 e. The van der Waals surface area contributed by atoms with Crippen molar-refractivity contribution >= 4 is 23.1 Å². The molecule has 2 aromatic rings. The molecule has 30 heavy (non-hydrogen) atoms. The molecule has 0 saturated carbocycles. The van der Waals surface area contributed by atoms with Gasteiger partial charge in [0.25, 0.3) is 11.8 Å². The molecule has 5 heteroatoms. The summed E-state index contributed by atoms with van der Waals surface area (Å²) < 4.78 is 5.74. The summed E-state index contributed by atoms with van der Waals surface area (Å²) in [5.41, 5.74) is 4.35. The first-order chi connectivity index (χ1) is 14.4. The number of carbonyl (C=O) groups excluding carboxylic acids is 2. The van der Waals surface area contributed by atoms with E-state index >= 15 is 0 Å². The van der Waals surface area contributed by atoms with E-state index in [4.69, 9.17) is 4.74 Å². The van der Waals surface area contributed by atoms with Crippen molar-refractivity contribution in [3.05, 3.63) is 64.9 Å². The van der Waals surface area contributed by atoms with Gasteiger partial charge < -0.3 is 9.64 Å². The minimum Gasteiger partial charge on any atom is -0.491 e. The van der Waals surface area contributed by atoms with E-state index < -0.39 is 0 Å². The lowest BCUT2D eigenvalue weighted by Crippen LogP contribution is -2.35. The number of rotatable bonds is 5. The summed E-state index contributed by atoms with van der Waals surface area (Å²) in [5, 5.41) is 0. The number of amides is 2. The van der Waals surface area contributed by atoms with Crippen LogP contribution in [0.4, 0.5) is 5.69 Å². The summed E-state index contributed by atoms with van der Waals surface area (Å²) in [6.07, 6.45) is 2.14. The van der Waals surface area contributed by atoms with E-state index in [1.54, 1.807) is 0 Å². The van der Waals surface area contributed by atoms with Crippen molar-refractivity contribution in [1.82, 2.24) is 4.90 Å². The second-order valence-corrected chi connectivity index (χ2v) is 8.34. The Labute approximate surface area is 177 Å². The molecule has 2 aliphatic heterocycles. The Balaban J connectivity index is 1.79. The predicted molar refractivity (Wildman–Crippen MR) is 118 cm³/mol. The Hall–Kier alpha value is -3.08. The van der Waals surface area contributed by atoms with Crippen LogP contribution in [-0.2, 0) is 9.59 Å². The van der Waals surface area contributed by atoms with Crippen LogP contribution >= 0.6 is 0 Å². The SMILES string of the molecule is Cc1ccc(C)c(N2C(=O)C(c3ccc(OC(C)C)cc3)=C(N3CCCC3)C2=O)c1. The van der Waals surface area contributed by atoms with Gasteiger partial charge in [-0.3, -0.25) is 9.59 Å². The number of aryl methyl sites for hydroxylation is 2. The van der Waals surface area contributed by atoms with Gasteiger partial charge in [0, 0.05) is 13.1 Å². The first kappa shape index (κ1) is 20.2. The smallest absolute Gasteiger partial charge is 0.282 e. The van der Waals surface area contributed by atoms with E-state index in [1.807, 2.05) is 70.2 Å². The van der Waals surface area contributed by atoms with E-state index in [9.17, 15) is 9.59 Å². The van der Waals surface area contributed by atoms with E-state index in [0.29, 0.717) is 17.0 Å². The summed E-state index contributed by atoms with van der Waals surface area (Å²) in [4.78, 5) is 30.6. The highest BCUT2D eigenvalue weighted by Gasteiger charge is 2.43. The van der Waals surface area contributed by atoms with Gasteiger partial charge in [0.1, 0.15) is 11.4 Å². The number of ether oxygens (including phenoxy) is 1. The quantitative estimate of drug-likeness (QED) is 0.690. The highest BCUT2D eigenvalue weighted by molar-refractivity contribution is 6.45. The molecule has 1 saturated heterocycles. The van der Waals surface area contributed by atoms with Crippen LogP contribution in [0, 0.1) is 13.8 Å². The summed E-state index contributed by atoms with van der Waals surface area (Å²) in [7, 11) is 0. The summed E-state index contributed by atoms with van der Waals surface area (Å²) in [6, 6.07) is 13.3. The second-order valence-electron chi connectivity index (χ2n) is 8.34. The van der Waals surface area contributed by atoms with Gasteiger partial charge in [0.2, 0.25) is 0 Å². The van der Waals surface area contributed by atoms with E-state index in [0.717, 1.165) is 48.4 Å². The molecule has 0 atom stereocenters. The highest BCUT2D eigenvalue weighted by Crippen LogP contribution is 2.37. The molecule has 156 valence electrons. The zero-order valence-electron chi connectivity index (χ0n) is 18.1. The molecule has 2 aliphatic rings. The number of imide groups is 1. The van der Waals surface area contributed by atoms with Crippen molar-refractivity contribution < 1.29 is 14.3 Å². The maximum absolute atomic E-state index is 13.6. The zero-order chi connectivity index (χ0) is 21.4. The maximum Gasteiger partial charge on any atom is 0.282 e. The van der Waals surface area contributed by atoms with Gasteiger partial charge in [-0.15, -0.1) is 0 Å². The van der Waals surface area contributed by atoms with Crippen LogP contribution in [0.5, 0.6) is 5.75 Å². The molecule has 2 amide bonds. The fourth-order valence-electron chi connectivity index (χ4n) is 4.16. The summed E-state index contributed by atoms with van der Waals surface area (Å²) in [5.74, 6) is 0.265. The number of hydrogen-bond acceptors (Lipinski definition) is 4. The van der Waals surface area contributed by atoms with Crippen molar-refractivity contribution in [3.8, 4) is 5.75 Å². The number of likely N-dealkylation sites (tertiary alicyclic amines) is 1. The van der Waals surface area contributed by atoms with Crippen LogP contribution in [0.3, 0.4) is 0 Å². The normalized spacial score (nSPS) is 17.0. The molecule has 2 aromatic carbocycles. The summed E-state index contributed by atoms with van der Waals surface area (Å²) in [6.45, 7) is 9.45. The Morgan fingerprint density at radius 3 is 2.20 bits per heavy atom. The van der Waals surface area contributed by atoms with Crippen molar-refractivity contribution in [2.45, 2.75) is 46.6 Å². The minimum absolute atomic E-state index is 0.0738. The Morgan fingerprint density at radius 1 is 0.900 bits per heavy atom. The van der Waals surface area contributed by atoms with Crippen LogP contribution in [0.25, 0.3) is 5.57 Å². The fourth-order valence-corrected chi connectivity index (χ4v) is 4.16. The topological polar surface area (TPSA) is 49.9 Å². The molecule has 0 unspecified atom stereocenters. The number of hydrogen-bond donors (Lipinski definition) is 0. The number of anilines is 1. The molecule has 0 bridgehead atoms. The third-order valence-electron chi connectivity index (χ3n) is 5.60. The fraction of sp³-hybridized carbons (Fsp3) is 0.360. The number of carbonyl (C=O) groups is 2. The zero-order valence-corrected chi connectivity index (χ0v) is 18.1. The molecule has 0 aromatic heterocycles. The van der Waals surface area contributed by atoms with Crippen molar-refractivity contribution in [3.63, 3.8) is 0 Å². The first-order valence-corrected chi connectivity index (χ1v) is 10.6. The van der Waals surface area contributed by atoms with Gasteiger partial charge in [-0.1, -0.05) is 24.3 Å². The third-order valence-corrected chi connectivity index (χ3v) is 5.60. The Kier molecular flexibility index (Phi) is 5.37. The lowest BCUT2D eigenvalue weighted by atomic mass is 10.0. The lowest BCUT2D eigenvalue weighted by molar-refractivity contribution is -0.120. The molecule has 0 aliphatic carbocycles. The summed E-state index contributed by atoms with van der Waals surface area (Å²) >= 11 is 0. The standard InChI is InChI=1S/C25H28N2O3/c1-16(2)30-20-11-9-19(10-12-20)22-23(26-13-5-6-14-26)25(29)27(24(22)28)21-15-17(3)7-8-18(21)4/h7-12,15-16H,5-6,13-14H2,1-4H3. The van der Waals surface area contributed by atoms with Crippen molar-refractivity contribution in [2.75, 3.05) is 18.0 Å². The Morgan fingerprint density at radius 2 is 1.57 bits per heavy atom. The molecular weight excluding hydrogens is 376 g/mol. The molecular formula is C25H28N2O3. The molecule has 0 N–H and O–H groups in total. The molecule has 4 rings (SSSR count). The lowest BCUT2D eigenvalue weighted by Gasteiger charge is -2.21. The predicted octanol–water partition coefficient (Wildman–Crippen LogP) is 4.47. The van der Waals surface area contributed by atoms with Gasteiger partial charge in [-0.05, 0) is 75.4 Å². The van der Waals surface area contributed by atoms with Gasteiger partial charge in [0.15, 0.2) is 0 Å². The van der Waals surface area contributed by atoms with Gasteiger partial charge in [-0.2, -0.15) is 0 Å². The van der Waals surface area contributed by atoms with Crippen LogP contribution < -0.4 is 9.64 Å².